The van der Waals surface area contributed by atoms with Gasteiger partial charge in [-0.25, -0.2) is 8.42 Å². The SMILES string of the molecule is CC(C)c1ccc(N(C(=O)CC2CCCCC2)C2C=CS(=O)(=O)C2)cc1. The van der Waals surface area contributed by atoms with Gasteiger partial charge in [-0.2, -0.15) is 0 Å². The van der Waals surface area contributed by atoms with E-state index in [4.69, 9.17) is 0 Å². The van der Waals surface area contributed by atoms with E-state index in [1.807, 2.05) is 24.3 Å². The first-order chi connectivity index (χ1) is 12.4. The molecule has 1 amide bonds. The summed E-state index contributed by atoms with van der Waals surface area (Å²) >= 11 is 0. The fraction of sp³-hybridized carbons (Fsp3) is 0.571. The minimum absolute atomic E-state index is 0.0185. The summed E-state index contributed by atoms with van der Waals surface area (Å²) in [5.41, 5.74) is 2.00. The number of carbonyl (C=O) groups is 1. The molecule has 1 atom stereocenters. The highest BCUT2D eigenvalue weighted by molar-refractivity contribution is 7.94. The Morgan fingerprint density at radius 2 is 1.77 bits per heavy atom. The lowest BCUT2D eigenvalue weighted by Crippen LogP contribution is -2.42. The average Bonchev–Trinajstić information content (AvgIpc) is 2.96. The van der Waals surface area contributed by atoms with Crippen LogP contribution in [0.5, 0.6) is 0 Å². The zero-order chi connectivity index (χ0) is 18.7. The van der Waals surface area contributed by atoms with Crippen LogP contribution < -0.4 is 4.90 Å². The van der Waals surface area contributed by atoms with E-state index in [0.29, 0.717) is 18.3 Å². The molecule has 5 heteroatoms. The van der Waals surface area contributed by atoms with Gasteiger partial charge in [-0.1, -0.05) is 45.2 Å². The molecule has 26 heavy (non-hydrogen) atoms. The van der Waals surface area contributed by atoms with Gasteiger partial charge in [-0.15, -0.1) is 0 Å². The Labute approximate surface area is 157 Å². The molecular weight excluding hydrogens is 346 g/mol. The Morgan fingerprint density at radius 3 is 2.31 bits per heavy atom. The van der Waals surface area contributed by atoms with E-state index in [9.17, 15) is 13.2 Å². The van der Waals surface area contributed by atoms with Crippen LogP contribution in [0.25, 0.3) is 0 Å². The van der Waals surface area contributed by atoms with Gasteiger partial charge in [-0.3, -0.25) is 4.79 Å². The standard InChI is InChI=1S/C21H29NO3S/c1-16(2)18-8-10-19(11-9-18)22(20-12-13-26(24,25)15-20)21(23)14-17-6-4-3-5-7-17/h8-13,16-17,20H,3-7,14-15H2,1-2H3. The molecule has 3 rings (SSSR count). The van der Waals surface area contributed by atoms with Crippen molar-refractivity contribution in [3.8, 4) is 0 Å². The van der Waals surface area contributed by atoms with Crippen molar-refractivity contribution < 1.29 is 13.2 Å². The fourth-order valence-corrected chi connectivity index (χ4v) is 5.27. The summed E-state index contributed by atoms with van der Waals surface area (Å²) in [6.07, 6.45) is 8.02. The summed E-state index contributed by atoms with van der Waals surface area (Å²) in [6, 6.07) is 7.57. The second-order valence-electron chi connectivity index (χ2n) is 7.94. The molecule has 142 valence electrons. The summed E-state index contributed by atoms with van der Waals surface area (Å²) in [4.78, 5) is 14.8. The van der Waals surface area contributed by atoms with E-state index in [-0.39, 0.29) is 11.7 Å². The van der Waals surface area contributed by atoms with Crippen LogP contribution in [0.15, 0.2) is 35.7 Å². The molecule has 1 aliphatic carbocycles. The molecule has 1 aliphatic heterocycles. The summed E-state index contributed by atoms with van der Waals surface area (Å²) in [5.74, 6) is 0.869. The topological polar surface area (TPSA) is 54.5 Å². The van der Waals surface area contributed by atoms with Crippen LogP contribution in [-0.2, 0) is 14.6 Å². The van der Waals surface area contributed by atoms with Gasteiger partial charge < -0.3 is 4.90 Å². The van der Waals surface area contributed by atoms with Crippen molar-refractivity contribution in [1.82, 2.24) is 0 Å². The molecule has 0 aromatic heterocycles. The van der Waals surface area contributed by atoms with E-state index in [2.05, 4.69) is 13.8 Å². The third-order valence-corrected chi connectivity index (χ3v) is 6.92. The second-order valence-corrected chi connectivity index (χ2v) is 9.87. The highest BCUT2D eigenvalue weighted by atomic mass is 32.2. The molecule has 1 heterocycles. The van der Waals surface area contributed by atoms with Crippen LogP contribution >= 0.6 is 0 Å². The van der Waals surface area contributed by atoms with Crippen LogP contribution in [0.3, 0.4) is 0 Å². The van der Waals surface area contributed by atoms with Gasteiger partial charge in [-0.05, 0) is 48.4 Å². The maximum absolute atomic E-state index is 13.1. The lowest BCUT2D eigenvalue weighted by molar-refractivity contribution is -0.120. The zero-order valence-corrected chi connectivity index (χ0v) is 16.5. The number of anilines is 1. The maximum Gasteiger partial charge on any atom is 0.227 e. The average molecular weight is 376 g/mol. The van der Waals surface area contributed by atoms with Crippen molar-refractivity contribution in [2.75, 3.05) is 10.7 Å². The Hall–Kier alpha value is -1.62. The van der Waals surface area contributed by atoms with Crippen LogP contribution in [0.2, 0.25) is 0 Å². The molecule has 0 spiro atoms. The van der Waals surface area contributed by atoms with Gasteiger partial charge in [0.25, 0.3) is 0 Å². The molecular formula is C21H29NO3S. The monoisotopic (exact) mass is 375 g/mol. The molecule has 0 bridgehead atoms. The Kier molecular flexibility index (Phi) is 5.86. The van der Waals surface area contributed by atoms with E-state index >= 15 is 0 Å². The molecule has 1 saturated carbocycles. The quantitative estimate of drug-likeness (QED) is 0.765. The molecule has 4 nitrogen and oxygen atoms in total. The largest absolute Gasteiger partial charge is 0.304 e. The number of amides is 1. The van der Waals surface area contributed by atoms with Gasteiger partial charge in [0.1, 0.15) is 0 Å². The van der Waals surface area contributed by atoms with Crippen molar-refractivity contribution in [3.05, 3.63) is 41.3 Å². The molecule has 1 aromatic carbocycles. The Bertz CT molecular complexity index is 759. The highest BCUT2D eigenvalue weighted by Gasteiger charge is 2.32. The number of benzene rings is 1. The van der Waals surface area contributed by atoms with Crippen LogP contribution in [0, 0.1) is 5.92 Å². The predicted molar refractivity (Wildman–Crippen MR) is 106 cm³/mol. The first kappa shape index (κ1) is 19.2. The minimum atomic E-state index is -3.21. The first-order valence-corrected chi connectivity index (χ1v) is 11.4. The Morgan fingerprint density at radius 1 is 1.12 bits per heavy atom. The fourth-order valence-electron chi connectivity index (χ4n) is 4.00. The minimum Gasteiger partial charge on any atom is -0.304 e. The van der Waals surface area contributed by atoms with Gasteiger partial charge in [0.15, 0.2) is 9.84 Å². The van der Waals surface area contributed by atoms with E-state index in [1.54, 1.807) is 11.0 Å². The van der Waals surface area contributed by atoms with Crippen LogP contribution in [0.1, 0.15) is 63.9 Å². The number of nitrogens with zero attached hydrogens (tertiary/aromatic N) is 1. The first-order valence-electron chi connectivity index (χ1n) is 9.69. The van der Waals surface area contributed by atoms with Crippen LogP contribution in [0.4, 0.5) is 5.69 Å². The van der Waals surface area contributed by atoms with Crippen molar-refractivity contribution in [2.45, 2.75) is 64.3 Å². The zero-order valence-electron chi connectivity index (χ0n) is 15.7. The number of rotatable bonds is 5. The maximum atomic E-state index is 13.1. The summed E-state index contributed by atoms with van der Waals surface area (Å²) in [5, 5.41) is 1.25. The molecule has 1 unspecified atom stereocenters. The number of hydrogen-bond acceptors (Lipinski definition) is 3. The molecule has 0 N–H and O–H groups in total. The van der Waals surface area contributed by atoms with Gasteiger partial charge in [0, 0.05) is 17.5 Å². The van der Waals surface area contributed by atoms with Crippen molar-refractivity contribution in [3.63, 3.8) is 0 Å². The lowest BCUT2D eigenvalue weighted by atomic mass is 9.86. The third-order valence-electron chi connectivity index (χ3n) is 5.54. The summed E-state index contributed by atoms with van der Waals surface area (Å²) in [6.45, 7) is 4.26. The molecule has 0 radical (unpaired) electrons. The number of hydrogen-bond donors (Lipinski definition) is 0. The van der Waals surface area contributed by atoms with Crippen molar-refractivity contribution >= 4 is 21.4 Å². The van der Waals surface area contributed by atoms with Crippen molar-refractivity contribution in [1.29, 1.82) is 0 Å². The van der Waals surface area contributed by atoms with E-state index in [1.165, 1.54) is 30.2 Å². The Balaban J connectivity index is 1.83. The van der Waals surface area contributed by atoms with E-state index in [0.717, 1.165) is 18.5 Å². The molecule has 0 saturated heterocycles. The summed E-state index contributed by atoms with van der Waals surface area (Å²) in [7, 11) is -3.21. The molecule has 1 aromatic rings. The third kappa shape index (κ3) is 4.56. The van der Waals surface area contributed by atoms with Crippen LogP contribution in [-0.4, -0.2) is 26.1 Å². The van der Waals surface area contributed by atoms with Crippen molar-refractivity contribution in [2.24, 2.45) is 5.92 Å². The summed E-state index contributed by atoms with van der Waals surface area (Å²) < 4.78 is 23.8. The smallest absolute Gasteiger partial charge is 0.227 e. The van der Waals surface area contributed by atoms with Gasteiger partial charge >= 0.3 is 0 Å². The predicted octanol–water partition coefficient (Wildman–Crippen LogP) is 4.42. The van der Waals surface area contributed by atoms with E-state index < -0.39 is 15.9 Å². The highest BCUT2D eigenvalue weighted by Crippen LogP contribution is 2.30. The molecule has 1 fully saturated rings. The van der Waals surface area contributed by atoms with Gasteiger partial charge in [0.05, 0.1) is 11.8 Å². The normalized spacial score (nSPS) is 22.7. The molecule has 2 aliphatic rings. The lowest BCUT2D eigenvalue weighted by Gasteiger charge is -2.30. The second kappa shape index (κ2) is 7.95. The number of sulfone groups is 1. The number of carbonyl (C=O) groups excluding carboxylic acids is 1. The van der Waals surface area contributed by atoms with Gasteiger partial charge in [0.2, 0.25) is 5.91 Å².